The van der Waals surface area contributed by atoms with Crippen molar-refractivity contribution in [3.05, 3.63) is 24.4 Å². The number of nitrogens with zero attached hydrogens (tertiary/aromatic N) is 1. The van der Waals surface area contributed by atoms with Crippen LogP contribution in [0.3, 0.4) is 0 Å². The molecular weight excluding hydrogens is 344 g/mol. The fourth-order valence-corrected chi connectivity index (χ4v) is 2.73. The van der Waals surface area contributed by atoms with Crippen molar-refractivity contribution in [3.8, 4) is 0 Å². The molecule has 1 rings (SSSR count). The fourth-order valence-electron chi connectivity index (χ4n) is 2.73. The summed E-state index contributed by atoms with van der Waals surface area (Å²) < 4.78 is 11.1. The lowest BCUT2D eigenvalue weighted by atomic mass is 10.2. The van der Waals surface area contributed by atoms with Gasteiger partial charge >= 0.3 is 0 Å². The van der Waals surface area contributed by atoms with Gasteiger partial charge in [0.1, 0.15) is 0 Å². The minimum atomic E-state index is -0.113. The summed E-state index contributed by atoms with van der Waals surface area (Å²) in [7, 11) is 0. The van der Waals surface area contributed by atoms with Gasteiger partial charge in [-0.3, -0.25) is 9.59 Å². The van der Waals surface area contributed by atoms with Crippen molar-refractivity contribution in [3.63, 3.8) is 0 Å². The minimum absolute atomic E-state index is 0.0813. The van der Waals surface area contributed by atoms with E-state index in [9.17, 15) is 9.59 Å². The molecule has 6 nitrogen and oxygen atoms in total. The van der Waals surface area contributed by atoms with Gasteiger partial charge in [-0.15, -0.1) is 0 Å². The van der Waals surface area contributed by atoms with E-state index < -0.39 is 0 Å². The maximum atomic E-state index is 11.8. The summed E-state index contributed by atoms with van der Waals surface area (Å²) in [6, 6.07) is 0. The van der Waals surface area contributed by atoms with E-state index in [0.717, 1.165) is 32.5 Å². The van der Waals surface area contributed by atoms with Crippen LogP contribution in [0.1, 0.15) is 58.3 Å². The van der Waals surface area contributed by atoms with E-state index in [2.05, 4.69) is 18.8 Å². The number of ether oxygens (including phenoxy) is 2. The van der Waals surface area contributed by atoms with Crippen LogP contribution in [0.15, 0.2) is 24.4 Å². The first-order chi connectivity index (χ1) is 13.1. The largest absolute Gasteiger partial charge is 0.381 e. The van der Waals surface area contributed by atoms with Crippen molar-refractivity contribution in [1.29, 1.82) is 0 Å². The molecule has 0 atom stereocenters. The second-order valence-electron chi connectivity index (χ2n) is 6.76. The van der Waals surface area contributed by atoms with Crippen LogP contribution in [-0.2, 0) is 19.1 Å². The van der Waals surface area contributed by atoms with Crippen LogP contribution < -0.4 is 5.32 Å². The maximum Gasteiger partial charge on any atom is 0.251 e. The summed E-state index contributed by atoms with van der Waals surface area (Å²) in [5.41, 5.74) is 0.637. The van der Waals surface area contributed by atoms with Crippen LogP contribution in [0.2, 0.25) is 0 Å². The summed E-state index contributed by atoms with van der Waals surface area (Å²) in [5.74, 6) is -0.194. The molecule has 0 bridgehead atoms. The zero-order valence-corrected chi connectivity index (χ0v) is 16.8. The van der Waals surface area contributed by atoms with Crippen molar-refractivity contribution in [1.82, 2.24) is 10.2 Å². The highest BCUT2D eigenvalue weighted by molar-refractivity contribution is 5.93. The Balaban J connectivity index is 1.81. The zero-order chi connectivity index (χ0) is 19.7. The number of allylic oxidation sites excluding steroid dienone is 1. The lowest BCUT2D eigenvalue weighted by Gasteiger charge is -2.16. The Hall–Kier alpha value is -1.66. The summed E-state index contributed by atoms with van der Waals surface area (Å²) in [6.07, 6.45) is 11.6. The van der Waals surface area contributed by atoms with E-state index in [0.29, 0.717) is 32.0 Å². The molecule has 0 aromatic carbocycles. The highest BCUT2D eigenvalue weighted by Crippen LogP contribution is 2.12. The monoisotopic (exact) mass is 380 g/mol. The van der Waals surface area contributed by atoms with E-state index in [1.807, 2.05) is 0 Å². The first-order valence-electron chi connectivity index (χ1n) is 10.3. The predicted octanol–water partition coefficient (Wildman–Crippen LogP) is 3.19. The normalized spacial score (nSPS) is 13.6. The number of amides is 2. The van der Waals surface area contributed by atoms with Gasteiger partial charge in [0.2, 0.25) is 5.91 Å². The summed E-state index contributed by atoms with van der Waals surface area (Å²) >= 11 is 0. The molecule has 0 unspecified atom stereocenters. The third-order valence-corrected chi connectivity index (χ3v) is 4.38. The van der Waals surface area contributed by atoms with Gasteiger partial charge < -0.3 is 19.7 Å². The molecule has 0 aromatic heterocycles. The van der Waals surface area contributed by atoms with Gasteiger partial charge in [-0.1, -0.05) is 32.8 Å². The van der Waals surface area contributed by atoms with Gasteiger partial charge in [-0.25, -0.2) is 0 Å². The molecule has 154 valence electrons. The first-order valence-corrected chi connectivity index (χ1v) is 10.3. The van der Waals surface area contributed by atoms with Crippen LogP contribution in [0.4, 0.5) is 0 Å². The molecule has 0 aromatic rings. The summed E-state index contributed by atoms with van der Waals surface area (Å²) in [5, 5.41) is 2.80. The van der Waals surface area contributed by atoms with Crippen molar-refractivity contribution in [2.24, 2.45) is 0 Å². The molecule has 1 N–H and O–H groups in total. The van der Waals surface area contributed by atoms with E-state index in [1.54, 1.807) is 6.08 Å². The SMILES string of the molecule is C=C1C=CC(=O)N1CCC(=O)NCCOCCCCCOCCCCCC. The quantitative estimate of drug-likeness (QED) is 0.394. The molecule has 1 heterocycles. The lowest BCUT2D eigenvalue weighted by Crippen LogP contribution is -2.32. The first kappa shape index (κ1) is 23.4. The lowest BCUT2D eigenvalue weighted by molar-refractivity contribution is -0.124. The van der Waals surface area contributed by atoms with Gasteiger partial charge in [-0.05, 0) is 31.8 Å². The van der Waals surface area contributed by atoms with Gasteiger partial charge in [0.25, 0.3) is 5.91 Å². The second-order valence-corrected chi connectivity index (χ2v) is 6.76. The van der Waals surface area contributed by atoms with Gasteiger partial charge in [0, 0.05) is 51.1 Å². The Morgan fingerprint density at radius 1 is 1.00 bits per heavy atom. The fraction of sp³-hybridized carbons (Fsp3) is 0.714. The molecule has 0 saturated heterocycles. The Morgan fingerprint density at radius 2 is 1.63 bits per heavy atom. The van der Waals surface area contributed by atoms with Crippen molar-refractivity contribution in [2.75, 3.05) is 39.5 Å². The molecule has 1 aliphatic heterocycles. The van der Waals surface area contributed by atoms with Crippen molar-refractivity contribution >= 4 is 11.8 Å². The molecule has 0 radical (unpaired) electrons. The number of hydrogen-bond donors (Lipinski definition) is 1. The molecule has 0 fully saturated rings. The standard InChI is InChI=1S/C21H36N2O4/c1-3-4-5-7-15-26-16-8-6-9-17-27-18-13-22-20(24)12-14-23-19(2)10-11-21(23)25/h10-11H,2-9,12-18H2,1H3,(H,22,24). The average molecular weight is 381 g/mol. The Bertz CT molecular complexity index is 459. The topological polar surface area (TPSA) is 67.9 Å². The highest BCUT2D eigenvalue weighted by atomic mass is 16.5. The van der Waals surface area contributed by atoms with E-state index in [1.165, 1.54) is 36.7 Å². The third-order valence-electron chi connectivity index (χ3n) is 4.38. The molecule has 0 spiro atoms. The number of carbonyl (C=O) groups is 2. The molecule has 0 aliphatic carbocycles. The molecule has 6 heteroatoms. The second kappa shape index (κ2) is 15.4. The molecule has 1 aliphatic rings. The molecule has 2 amide bonds. The van der Waals surface area contributed by atoms with E-state index in [-0.39, 0.29) is 18.2 Å². The van der Waals surface area contributed by atoms with Gasteiger partial charge in [-0.2, -0.15) is 0 Å². The Labute approximate surface area is 164 Å². The number of nitrogens with one attached hydrogen (secondary N) is 1. The number of carbonyl (C=O) groups excluding carboxylic acids is 2. The zero-order valence-electron chi connectivity index (χ0n) is 16.8. The molecule has 0 saturated carbocycles. The van der Waals surface area contributed by atoms with Crippen LogP contribution in [0.5, 0.6) is 0 Å². The van der Waals surface area contributed by atoms with Gasteiger partial charge in [0.05, 0.1) is 6.61 Å². The van der Waals surface area contributed by atoms with Crippen LogP contribution in [0.25, 0.3) is 0 Å². The molecule has 27 heavy (non-hydrogen) atoms. The van der Waals surface area contributed by atoms with Crippen LogP contribution in [0, 0.1) is 0 Å². The van der Waals surface area contributed by atoms with Crippen molar-refractivity contribution in [2.45, 2.75) is 58.3 Å². The third kappa shape index (κ3) is 11.6. The number of hydrogen-bond acceptors (Lipinski definition) is 4. The Kier molecular flexibility index (Phi) is 13.3. The van der Waals surface area contributed by atoms with Crippen molar-refractivity contribution < 1.29 is 19.1 Å². The highest BCUT2D eigenvalue weighted by Gasteiger charge is 2.18. The van der Waals surface area contributed by atoms with E-state index >= 15 is 0 Å². The Morgan fingerprint density at radius 3 is 2.22 bits per heavy atom. The maximum absolute atomic E-state index is 11.8. The average Bonchev–Trinajstić information content (AvgIpc) is 2.98. The minimum Gasteiger partial charge on any atom is -0.381 e. The van der Waals surface area contributed by atoms with Gasteiger partial charge in [0.15, 0.2) is 0 Å². The summed E-state index contributed by atoms with van der Waals surface area (Å²) in [6.45, 7) is 9.77. The molecular formula is C21H36N2O4. The van der Waals surface area contributed by atoms with Crippen LogP contribution in [-0.4, -0.2) is 56.2 Å². The number of unbranched alkanes of at least 4 members (excludes halogenated alkanes) is 5. The smallest absolute Gasteiger partial charge is 0.251 e. The number of rotatable bonds is 17. The van der Waals surface area contributed by atoms with Crippen LogP contribution >= 0.6 is 0 Å². The predicted molar refractivity (Wildman–Crippen MR) is 107 cm³/mol. The van der Waals surface area contributed by atoms with E-state index in [4.69, 9.17) is 9.47 Å². The summed E-state index contributed by atoms with van der Waals surface area (Å²) in [4.78, 5) is 24.8.